The number of nitrogens with one attached hydrogen (secondary N) is 1. The van der Waals surface area contributed by atoms with E-state index in [1.165, 1.54) is 6.92 Å². The van der Waals surface area contributed by atoms with Crippen molar-refractivity contribution in [2.24, 2.45) is 0 Å². The van der Waals surface area contributed by atoms with Crippen LogP contribution >= 0.6 is 0 Å². The lowest BCUT2D eigenvalue weighted by atomic mass is 10.1. The molecule has 8 heteroatoms. The average Bonchev–Trinajstić information content (AvgIpc) is 2.22. The molecule has 0 fully saturated rings. The Morgan fingerprint density at radius 3 is 2.11 bits per heavy atom. The molecule has 0 heterocycles. The van der Waals surface area contributed by atoms with Crippen LogP contribution in [0.3, 0.4) is 0 Å². The summed E-state index contributed by atoms with van der Waals surface area (Å²) in [5, 5.41) is 10.4. The Kier molecular flexibility index (Phi) is 4.33. The van der Waals surface area contributed by atoms with E-state index in [0.717, 1.165) is 0 Å². The number of halogens is 5. The highest BCUT2D eigenvalue weighted by molar-refractivity contribution is 5.88. The van der Waals surface area contributed by atoms with E-state index in [0.29, 0.717) is 12.1 Å². The maximum Gasteiger partial charge on any atom is 0.408 e. The first-order chi connectivity index (χ1) is 8.66. The van der Waals surface area contributed by atoms with Gasteiger partial charge in [-0.25, -0.2) is 13.6 Å². The Labute approximate surface area is 105 Å². The van der Waals surface area contributed by atoms with E-state index < -0.39 is 41.1 Å². The highest BCUT2D eigenvalue weighted by atomic mass is 19.4. The minimum absolute atomic E-state index is 0.340. The Hall–Kier alpha value is -1.86. The van der Waals surface area contributed by atoms with Crippen LogP contribution in [0.15, 0.2) is 12.1 Å². The molecular formula is C11H10F5NO2. The third kappa shape index (κ3) is 3.55. The predicted octanol–water partition coefficient (Wildman–Crippen LogP) is 3.42. The summed E-state index contributed by atoms with van der Waals surface area (Å²) in [5.41, 5.74) is -1.67. The van der Waals surface area contributed by atoms with Crippen molar-refractivity contribution in [3.63, 3.8) is 0 Å². The summed E-state index contributed by atoms with van der Waals surface area (Å²) in [7, 11) is 0. The van der Waals surface area contributed by atoms with Crippen molar-refractivity contribution in [3.05, 3.63) is 29.3 Å². The highest BCUT2D eigenvalue weighted by Gasteiger charge is 2.38. The molecule has 0 spiro atoms. The van der Waals surface area contributed by atoms with Crippen LogP contribution in [-0.2, 0) is 0 Å². The zero-order valence-electron chi connectivity index (χ0n) is 9.68. The van der Waals surface area contributed by atoms with Crippen molar-refractivity contribution in [1.82, 2.24) is 0 Å². The van der Waals surface area contributed by atoms with E-state index in [4.69, 9.17) is 5.11 Å². The number of hydrogen-bond acceptors (Lipinski definition) is 2. The summed E-state index contributed by atoms with van der Waals surface area (Å²) >= 11 is 0. The van der Waals surface area contributed by atoms with Gasteiger partial charge in [-0.2, -0.15) is 13.2 Å². The maximum atomic E-state index is 13.3. The van der Waals surface area contributed by atoms with Gasteiger partial charge in [0.05, 0.1) is 0 Å². The fraction of sp³-hybridized carbons (Fsp3) is 0.364. The third-order valence-electron chi connectivity index (χ3n) is 2.40. The number of rotatable bonds is 4. The monoisotopic (exact) mass is 283 g/mol. The van der Waals surface area contributed by atoms with Gasteiger partial charge < -0.3 is 10.4 Å². The molecule has 0 aliphatic carbocycles. The molecule has 2 N–H and O–H groups in total. The standard InChI is InChI=1S/C11H10F5NO2/c1-2-8(11(14,15)16)17-5-3-6(12)9(10(18)19)7(13)4-5/h3-4,8,17H,2H2,1H3,(H,18,19)/t8-/m1/s1. The maximum absolute atomic E-state index is 13.3. The molecule has 3 nitrogen and oxygen atoms in total. The Bertz CT molecular complexity index is 463. The molecule has 106 valence electrons. The minimum atomic E-state index is -4.58. The van der Waals surface area contributed by atoms with Crippen LogP contribution in [0.25, 0.3) is 0 Å². The third-order valence-corrected chi connectivity index (χ3v) is 2.40. The second kappa shape index (κ2) is 5.41. The largest absolute Gasteiger partial charge is 0.477 e. The lowest BCUT2D eigenvalue weighted by Crippen LogP contribution is -2.35. The summed E-state index contributed by atoms with van der Waals surface area (Å²) in [6.45, 7) is 1.25. The van der Waals surface area contributed by atoms with Crippen LogP contribution in [0, 0.1) is 11.6 Å². The molecule has 19 heavy (non-hydrogen) atoms. The molecule has 1 atom stereocenters. The van der Waals surface area contributed by atoms with Crippen LogP contribution in [0.4, 0.5) is 27.6 Å². The van der Waals surface area contributed by atoms with Crippen LogP contribution in [-0.4, -0.2) is 23.3 Å². The zero-order chi connectivity index (χ0) is 14.8. The van der Waals surface area contributed by atoms with Gasteiger partial charge in [-0.1, -0.05) is 6.92 Å². The summed E-state index contributed by atoms with van der Waals surface area (Å²) in [4.78, 5) is 10.5. The number of aromatic carboxylic acids is 1. The minimum Gasteiger partial charge on any atom is -0.477 e. The molecule has 0 aliphatic rings. The fourth-order valence-electron chi connectivity index (χ4n) is 1.48. The summed E-state index contributed by atoms with van der Waals surface area (Å²) < 4.78 is 64.0. The topological polar surface area (TPSA) is 49.3 Å². The Morgan fingerprint density at radius 2 is 1.79 bits per heavy atom. The van der Waals surface area contributed by atoms with Gasteiger partial charge in [0.15, 0.2) is 0 Å². The van der Waals surface area contributed by atoms with Crippen LogP contribution in [0.5, 0.6) is 0 Å². The van der Waals surface area contributed by atoms with Crippen LogP contribution in [0.2, 0.25) is 0 Å². The van der Waals surface area contributed by atoms with Crippen molar-refractivity contribution < 1.29 is 31.9 Å². The van der Waals surface area contributed by atoms with Crippen molar-refractivity contribution in [2.75, 3.05) is 5.32 Å². The van der Waals surface area contributed by atoms with Gasteiger partial charge in [-0.15, -0.1) is 0 Å². The van der Waals surface area contributed by atoms with E-state index in [-0.39, 0.29) is 6.42 Å². The summed E-state index contributed by atoms with van der Waals surface area (Å²) in [5.74, 6) is -4.71. The number of anilines is 1. The SMILES string of the molecule is CC[C@@H](Nc1cc(F)c(C(=O)O)c(F)c1)C(F)(F)F. The normalized spacial score (nSPS) is 13.2. The van der Waals surface area contributed by atoms with Gasteiger partial charge >= 0.3 is 12.1 Å². The molecule has 0 unspecified atom stereocenters. The summed E-state index contributed by atoms with van der Waals surface area (Å²) in [6, 6.07) is -0.941. The first-order valence-corrected chi connectivity index (χ1v) is 5.22. The van der Waals surface area contributed by atoms with Gasteiger partial charge in [0.25, 0.3) is 0 Å². The number of carboxylic acid groups (broad SMARTS) is 1. The number of benzene rings is 1. The first kappa shape index (κ1) is 15.2. The van der Waals surface area contributed by atoms with Crippen LogP contribution in [0.1, 0.15) is 23.7 Å². The van der Waals surface area contributed by atoms with E-state index in [1.54, 1.807) is 0 Å². The summed E-state index contributed by atoms with van der Waals surface area (Å²) in [6.07, 6.45) is -4.92. The average molecular weight is 283 g/mol. The van der Waals surface area contributed by atoms with Crippen molar-refractivity contribution in [1.29, 1.82) is 0 Å². The molecule has 0 aromatic heterocycles. The number of hydrogen-bond donors (Lipinski definition) is 2. The second-order valence-corrected chi connectivity index (χ2v) is 3.77. The number of carbonyl (C=O) groups is 1. The van der Waals surface area contributed by atoms with Crippen molar-refractivity contribution in [3.8, 4) is 0 Å². The molecule has 0 saturated heterocycles. The molecule has 0 bridgehead atoms. The molecule has 0 amide bonds. The van der Waals surface area contributed by atoms with Gasteiger partial charge in [0, 0.05) is 5.69 Å². The van der Waals surface area contributed by atoms with Gasteiger partial charge in [-0.05, 0) is 18.6 Å². The number of carboxylic acids is 1. The molecule has 1 aromatic rings. The van der Waals surface area contributed by atoms with E-state index >= 15 is 0 Å². The smallest absolute Gasteiger partial charge is 0.408 e. The Morgan fingerprint density at radius 1 is 1.32 bits per heavy atom. The molecular weight excluding hydrogens is 273 g/mol. The Balaban J connectivity index is 3.08. The van der Waals surface area contributed by atoms with Crippen molar-refractivity contribution in [2.45, 2.75) is 25.6 Å². The predicted molar refractivity (Wildman–Crippen MR) is 57.1 cm³/mol. The van der Waals surface area contributed by atoms with Crippen LogP contribution < -0.4 is 5.32 Å². The molecule has 1 rings (SSSR count). The van der Waals surface area contributed by atoms with Crippen molar-refractivity contribution >= 4 is 11.7 Å². The number of alkyl halides is 3. The highest BCUT2D eigenvalue weighted by Crippen LogP contribution is 2.27. The quantitative estimate of drug-likeness (QED) is 0.832. The zero-order valence-corrected chi connectivity index (χ0v) is 9.68. The molecule has 0 saturated carbocycles. The van der Waals surface area contributed by atoms with E-state index in [1.807, 2.05) is 5.32 Å². The lowest BCUT2D eigenvalue weighted by molar-refractivity contribution is -0.142. The van der Waals surface area contributed by atoms with Gasteiger partial charge in [-0.3, -0.25) is 0 Å². The lowest BCUT2D eigenvalue weighted by Gasteiger charge is -2.21. The second-order valence-electron chi connectivity index (χ2n) is 3.77. The van der Waals surface area contributed by atoms with E-state index in [9.17, 15) is 26.7 Å². The fourth-order valence-corrected chi connectivity index (χ4v) is 1.48. The first-order valence-electron chi connectivity index (χ1n) is 5.22. The van der Waals surface area contributed by atoms with E-state index in [2.05, 4.69) is 0 Å². The van der Waals surface area contributed by atoms with Gasteiger partial charge in [0.2, 0.25) is 0 Å². The van der Waals surface area contributed by atoms with Gasteiger partial charge in [0.1, 0.15) is 23.2 Å². The molecule has 1 aromatic carbocycles. The molecule has 0 radical (unpaired) electrons. The molecule has 0 aliphatic heterocycles.